The second-order valence-electron chi connectivity index (χ2n) is 3.01. The molecule has 0 heterocycles. The van der Waals surface area contributed by atoms with Gasteiger partial charge in [-0.2, -0.15) is 4.36 Å². The van der Waals surface area contributed by atoms with Crippen LogP contribution >= 0.6 is 0 Å². The van der Waals surface area contributed by atoms with E-state index in [1.54, 1.807) is 0 Å². The van der Waals surface area contributed by atoms with Crippen LogP contribution < -0.4 is 5.32 Å². The highest BCUT2D eigenvalue weighted by Crippen LogP contribution is 1.97. The fourth-order valence-electron chi connectivity index (χ4n) is 0.972. The van der Waals surface area contributed by atoms with E-state index in [2.05, 4.69) is 9.68 Å². The van der Waals surface area contributed by atoms with E-state index >= 15 is 0 Å². The van der Waals surface area contributed by atoms with Crippen molar-refractivity contribution in [2.75, 3.05) is 12.5 Å². The molecule has 1 aromatic rings. The van der Waals surface area contributed by atoms with Gasteiger partial charge in [-0.15, -0.1) is 0 Å². The highest BCUT2D eigenvalue weighted by atomic mass is 32.2. The lowest BCUT2D eigenvalue weighted by Gasteiger charge is -2.01. The molecule has 1 rings (SSSR count). The number of rotatable bonds is 2. The van der Waals surface area contributed by atoms with Gasteiger partial charge in [0.05, 0.1) is 0 Å². The molecule has 0 saturated carbocycles. The number of urea groups is 1. The maximum atomic E-state index is 11.2. The zero-order valence-electron chi connectivity index (χ0n) is 8.36. The van der Waals surface area contributed by atoms with Gasteiger partial charge in [0, 0.05) is 6.54 Å². The molecule has 14 heavy (non-hydrogen) atoms. The quantitative estimate of drug-likeness (QED) is 0.796. The van der Waals surface area contributed by atoms with Gasteiger partial charge in [-0.1, -0.05) is 41.0 Å². The number of nitrogens with zero attached hydrogens (tertiary/aromatic N) is 1. The Kier molecular flexibility index (Phi) is 4.32. The maximum Gasteiger partial charge on any atom is 0.347 e. The van der Waals surface area contributed by atoms with E-state index < -0.39 is 0 Å². The lowest BCUT2D eigenvalue weighted by Crippen LogP contribution is -2.19. The summed E-state index contributed by atoms with van der Waals surface area (Å²) < 4.78 is 3.87. The van der Waals surface area contributed by atoms with Crippen molar-refractivity contribution in [3.63, 3.8) is 0 Å². The molecule has 0 unspecified atom stereocenters. The Balaban J connectivity index is 2.42. The highest BCUT2D eigenvalue weighted by molar-refractivity contribution is 7.86. The molecule has 0 saturated heterocycles. The van der Waals surface area contributed by atoms with Crippen molar-refractivity contribution in [2.24, 2.45) is 4.36 Å². The van der Waals surface area contributed by atoms with Crippen molar-refractivity contribution in [3.8, 4) is 0 Å². The van der Waals surface area contributed by atoms with Crippen LogP contribution in [0.5, 0.6) is 0 Å². The average molecular weight is 210 g/mol. The number of carbonyl (C=O) groups excluding carboxylic acids is 1. The van der Waals surface area contributed by atoms with Crippen LogP contribution in [-0.2, 0) is 17.2 Å². The van der Waals surface area contributed by atoms with Gasteiger partial charge in [0.15, 0.2) is 0 Å². The molecule has 3 nitrogen and oxygen atoms in total. The number of amides is 2. The van der Waals surface area contributed by atoms with E-state index in [1.807, 2.05) is 42.8 Å². The van der Waals surface area contributed by atoms with Crippen LogP contribution in [0.4, 0.5) is 4.79 Å². The molecule has 4 heteroatoms. The topological polar surface area (TPSA) is 41.5 Å². The summed E-state index contributed by atoms with van der Waals surface area (Å²) in [6.45, 7) is 0.542. The first-order valence-corrected chi connectivity index (χ1v) is 6.29. The lowest BCUT2D eigenvalue weighted by molar-refractivity contribution is 0.249. The van der Waals surface area contributed by atoms with Gasteiger partial charge in [0.2, 0.25) is 0 Å². The van der Waals surface area contributed by atoms with Crippen molar-refractivity contribution in [2.45, 2.75) is 6.54 Å². The van der Waals surface area contributed by atoms with Crippen molar-refractivity contribution < 1.29 is 4.79 Å². The third kappa shape index (κ3) is 4.18. The van der Waals surface area contributed by atoms with E-state index in [0.717, 1.165) is 5.56 Å². The van der Waals surface area contributed by atoms with Crippen LogP contribution in [0.2, 0.25) is 0 Å². The van der Waals surface area contributed by atoms with Crippen molar-refractivity contribution in [1.82, 2.24) is 5.32 Å². The number of carbonyl (C=O) groups is 1. The van der Waals surface area contributed by atoms with E-state index in [1.165, 1.54) is 0 Å². The molecule has 0 aromatic heterocycles. The summed E-state index contributed by atoms with van der Waals surface area (Å²) in [6, 6.07) is 9.55. The normalized spacial score (nSPS) is 9.93. The van der Waals surface area contributed by atoms with E-state index in [9.17, 15) is 4.79 Å². The number of hydrogen-bond donors (Lipinski definition) is 1. The minimum Gasteiger partial charge on any atom is -0.332 e. The van der Waals surface area contributed by atoms with E-state index in [0.29, 0.717) is 6.54 Å². The van der Waals surface area contributed by atoms with Crippen LogP contribution in [0.3, 0.4) is 0 Å². The van der Waals surface area contributed by atoms with Crippen LogP contribution in [0.15, 0.2) is 34.7 Å². The molecule has 0 aliphatic rings. The Hall–Kier alpha value is -1.16. The fraction of sp³-hybridized carbons (Fsp3) is 0.300. The van der Waals surface area contributed by atoms with Crippen LogP contribution in [0.25, 0.3) is 0 Å². The first-order chi connectivity index (χ1) is 6.68. The van der Waals surface area contributed by atoms with Crippen molar-refractivity contribution in [1.29, 1.82) is 0 Å². The molecule has 0 fully saturated rings. The molecule has 2 amide bonds. The SMILES string of the molecule is CS(C)=NC(=O)NCc1ccccc1. The molecule has 1 N–H and O–H groups in total. The summed E-state index contributed by atoms with van der Waals surface area (Å²) in [5.41, 5.74) is 1.09. The van der Waals surface area contributed by atoms with Crippen molar-refractivity contribution in [3.05, 3.63) is 35.9 Å². The second-order valence-corrected chi connectivity index (χ2v) is 4.74. The van der Waals surface area contributed by atoms with Gasteiger partial charge < -0.3 is 5.32 Å². The summed E-state index contributed by atoms with van der Waals surface area (Å²) in [6.07, 6.45) is 3.81. The third-order valence-corrected chi connectivity index (χ3v) is 2.08. The van der Waals surface area contributed by atoms with Crippen LogP contribution in [-0.4, -0.2) is 18.5 Å². The molecule has 1 aromatic carbocycles. The van der Waals surface area contributed by atoms with Gasteiger partial charge in [-0.3, -0.25) is 0 Å². The zero-order valence-corrected chi connectivity index (χ0v) is 9.17. The van der Waals surface area contributed by atoms with Gasteiger partial charge >= 0.3 is 6.03 Å². The highest BCUT2D eigenvalue weighted by Gasteiger charge is 1.96. The largest absolute Gasteiger partial charge is 0.347 e. The van der Waals surface area contributed by atoms with Gasteiger partial charge in [0.25, 0.3) is 0 Å². The summed E-state index contributed by atoms with van der Waals surface area (Å²) in [5.74, 6) is 0. The molecule has 0 aliphatic carbocycles. The number of nitrogens with one attached hydrogen (secondary N) is 1. The Bertz CT molecular complexity index is 331. The van der Waals surface area contributed by atoms with E-state index in [4.69, 9.17) is 0 Å². The van der Waals surface area contributed by atoms with E-state index in [-0.39, 0.29) is 16.7 Å². The smallest absolute Gasteiger partial charge is 0.332 e. The summed E-state index contributed by atoms with van der Waals surface area (Å²) in [5, 5.41) is 2.73. The Morgan fingerprint density at radius 1 is 1.36 bits per heavy atom. The lowest BCUT2D eigenvalue weighted by atomic mass is 10.2. The molecule has 0 atom stereocenters. The summed E-state index contributed by atoms with van der Waals surface area (Å²) in [4.78, 5) is 11.2. The molecule has 76 valence electrons. The van der Waals surface area contributed by atoms with Gasteiger partial charge in [-0.25, -0.2) is 4.79 Å². The average Bonchev–Trinajstić information content (AvgIpc) is 2.15. The molecule has 0 aliphatic heterocycles. The minimum absolute atomic E-state index is 0.191. The molecule has 0 radical (unpaired) electrons. The Morgan fingerprint density at radius 3 is 2.57 bits per heavy atom. The Labute approximate surface area is 86.6 Å². The maximum absolute atomic E-state index is 11.2. The molecule has 0 spiro atoms. The zero-order chi connectivity index (χ0) is 10.4. The fourth-order valence-corrected chi connectivity index (χ4v) is 1.37. The molecular formula is C10H14N2OS. The number of benzene rings is 1. The number of hydrogen-bond acceptors (Lipinski definition) is 1. The summed E-state index contributed by atoms with van der Waals surface area (Å²) in [7, 11) is -0.191. The second kappa shape index (κ2) is 5.54. The predicted molar refractivity (Wildman–Crippen MR) is 60.3 cm³/mol. The standard InChI is InChI=1S/C10H14N2OS/c1-14(2)12-10(13)11-8-9-6-4-3-5-7-9/h3-7H,8H2,1-2H3,(H,11,13). The predicted octanol–water partition coefficient (Wildman–Crippen LogP) is 1.96. The molecule has 0 bridgehead atoms. The first-order valence-electron chi connectivity index (χ1n) is 4.29. The molecular weight excluding hydrogens is 196 g/mol. The third-order valence-electron chi connectivity index (χ3n) is 1.55. The first kappa shape index (κ1) is 10.9. The van der Waals surface area contributed by atoms with Crippen molar-refractivity contribution >= 4 is 16.7 Å². The van der Waals surface area contributed by atoms with Gasteiger partial charge in [0.1, 0.15) is 0 Å². The minimum atomic E-state index is -0.234. The Morgan fingerprint density at radius 2 is 2.00 bits per heavy atom. The monoisotopic (exact) mass is 210 g/mol. The van der Waals surface area contributed by atoms with Crippen LogP contribution in [0, 0.1) is 0 Å². The van der Waals surface area contributed by atoms with Crippen LogP contribution in [0.1, 0.15) is 5.56 Å². The summed E-state index contributed by atoms with van der Waals surface area (Å²) >= 11 is 0. The van der Waals surface area contributed by atoms with Gasteiger partial charge in [-0.05, 0) is 18.1 Å².